The van der Waals surface area contributed by atoms with Crippen LogP contribution in [-0.4, -0.2) is 18.0 Å². The molecule has 1 aliphatic rings. The third kappa shape index (κ3) is 3.08. The Morgan fingerprint density at radius 3 is 2.71 bits per heavy atom. The Kier molecular flexibility index (Phi) is 4.17. The molecule has 0 aromatic heterocycles. The van der Waals surface area contributed by atoms with Crippen molar-refractivity contribution in [2.45, 2.75) is 32.7 Å². The summed E-state index contributed by atoms with van der Waals surface area (Å²) in [6.45, 7) is 5.37. The van der Waals surface area contributed by atoms with Crippen LogP contribution in [0, 0.1) is 17.2 Å². The molecule has 2 nitrogen and oxygen atoms in total. The predicted octanol–water partition coefficient (Wildman–Crippen LogP) is 3.18. The van der Waals surface area contributed by atoms with Crippen LogP contribution in [-0.2, 0) is 6.54 Å². The summed E-state index contributed by atoms with van der Waals surface area (Å²) in [4.78, 5) is 2.46. The van der Waals surface area contributed by atoms with Gasteiger partial charge >= 0.3 is 0 Å². The maximum Gasteiger partial charge on any atom is 0.0995 e. The highest BCUT2D eigenvalue weighted by atomic mass is 15.1. The minimum Gasteiger partial charge on any atom is -0.299 e. The first-order chi connectivity index (χ1) is 8.33. The van der Waals surface area contributed by atoms with E-state index in [1.807, 2.05) is 18.2 Å². The summed E-state index contributed by atoms with van der Waals surface area (Å²) < 4.78 is 0. The molecule has 0 spiro atoms. The van der Waals surface area contributed by atoms with Crippen molar-refractivity contribution in [1.82, 2.24) is 4.90 Å². The molecule has 0 radical (unpaired) electrons. The summed E-state index contributed by atoms with van der Waals surface area (Å²) in [6.07, 6.45) is 4.17. The Labute approximate surface area is 104 Å². The van der Waals surface area contributed by atoms with Crippen LogP contribution in [0.25, 0.3) is 0 Å². The van der Waals surface area contributed by atoms with Crippen LogP contribution in [0.3, 0.4) is 0 Å². The van der Waals surface area contributed by atoms with Gasteiger partial charge in [0.1, 0.15) is 0 Å². The summed E-state index contributed by atoms with van der Waals surface area (Å²) in [5.41, 5.74) is 1.98. The van der Waals surface area contributed by atoms with Crippen LogP contribution in [0.2, 0.25) is 0 Å². The number of benzene rings is 1. The molecule has 90 valence electrons. The minimum atomic E-state index is 0.819. The van der Waals surface area contributed by atoms with Crippen LogP contribution < -0.4 is 0 Å². The molecule has 0 amide bonds. The van der Waals surface area contributed by atoms with Crippen molar-refractivity contribution in [2.75, 3.05) is 13.1 Å². The molecule has 1 aromatic carbocycles. The monoisotopic (exact) mass is 228 g/mol. The summed E-state index contributed by atoms with van der Waals surface area (Å²) in [6, 6.07) is 10.2. The van der Waals surface area contributed by atoms with Gasteiger partial charge in [-0.05, 0) is 36.9 Å². The highest BCUT2D eigenvalue weighted by Gasteiger charge is 2.20. The molecular weight excluding hydrogens is 208 g/mol. The Morgan fingerprint density at radius 1 is 1.35 bits per heavy atom. The average molecular weight is 228 g/mol. The molecule has 1 saturated carbocycles. The Hall–Kier alpha value is -1.33. The first-order valence-corrected chi connectivity index (χ1v) is 6.54. The minimum absolute atomic E-state index is 0.819. The lowest BCUT2D eigenvalue weighted by atomic mass is 9.85. The number of nitriles is 1. The normalized spacial score (nSPS) is 15.6. The Bertz CT molecular complexity index is 402. The molecule has 0 bridgehead atoms. The smallest absolute Gasteiger partial charge is 0.0995 e. The first-order valence-electron chi connectivity index (χ1n) is 6.54. The number of hydrogen-bond donors (Lipinski definition) is 0. The molecule has 1 fully saturated rings. The van der Waals surface area contributed by atoms with Crippen molar-refractivity contribution in [3.63, 3.8) is 0 Å². The molecule has 2 rings (SSSR count). The van der Waals surface area contributed by atoms with Crippen molar-refractivity contribution < 1.29 is 0 Å². The molecule has 0 atom stereocenters. The average Bonchev–Trinajstić information content (AvgIpc) is 2.32. The molecule has 0 N–H and O–H groups in total. The molecule has 0 aliphatic heterocycles. The van der Waals surface area contributed by atoms with E-state index in [1.54, 1.807) is 0 Å². The lowest BCUT2D eigenvalue weighted by Gasteiger charge is -2.31. The van der Waals surface area contributed by atoms with E-state index in [9.17, 15) is 0 Å². The van der Waals surface area contributed by atoms with E-state index in [-0.39, 0.29) is 0 Å². The van der Waals surface area contributed by atoms with Gasteiger partial charge in [0, 0.05) is 13.1 Å². The van der Waals surface area contributed by atoms with E-state index in [0.29, 0.717) is 0 Å². The van der Waals surface area contributed by atoms with E-state index in [4.69, 9.17) is 5.26 Å². The van der Waals surface area contributed by atoms with Crippen LogP contribution in [0.15, 0.2) is 24.3 Å². The highest BCUT2D eigenvalue weighted by Crippen LogP contribution is 2.27. The lowest BCUT2D eigenvalue weighted by molar-refractivity contribution is 0.178. The molecular formula is C15H20N2. The summed E-state index contributed by atoms with van der Waals surface area (Å²) in [5, 5.41) is 9.07. The van der Waals surface area contributed by atoms with E-state index in [0.717, 1.165) is 30.1 Å². The fraction of sp³-hybridized carbons (Fsp3) is 0.533. The molecule has 0 heterocycles. The van der Waals surface area contributed by atoms with Crippen molar-refractivity contribution in [3.05, 3.63) is 35.4 Å². The molecule has 1 aliphatic carbocycles. The van der Waals surface area contributed by atoms with Crippen molar-refractivity contribution in [2.24, 2.45) is 5.92 Å². The summed E-state index contributed by atoms with van der Waals surface area (Å²) >= 11 is 0. The van der Waals surface area contributed by atoms with Gasteiger partial charge in [0.05, 0.1) is 11.6 Å². The van der Waals surface area contributed by atoms with Crippen LogP contribution in [0.1, 0.15) is 37.3 Å². The second-order valence-corrected chi connectivity index (χ2v) is 4.89. The maximum atomic E-state index is 9.07. The third-order valence-electron chi connectivity index (χ3n) is 3.72. The topological polar surface area (TPSA) is 27.0 Å². The Balaban J connectivity index is 1.99. The quantitative estimate of drug-likeness (QED) is 0.774. The lowest BCUT2D eigenvalue weighted by Crippen LogP contribution is -2.32. The van der Waals surface area contributed by atoms with E-state index in [1.165, 1.54) is 25.8 Å². The molecule has 0 unspecified atom stereocenters. The van der Waals surface area contributed by atoms with Crippen LogP contribution >= 0.6 is 0 Å². The number of nitrogens with zero attached hydrogens (tertiary/aromatic N) is 2. The van der Waals surface area contributed by atoms with Gasteiger partial charge in [0.25, 0.3) is 0 Å². The van der Waals surface area contributed by atoms with E-state index >= 15 is 0 Å². The van der Waals surface area contributed by atoms with Gasteiger partial charge in [-0.1, -0.05) is 31.5 Å². The third-order valence-corrected chi connectivity index (χ3v) is 3.72. The van der Waals surface area contributed by atoms with Crippen LogP contribution in [0.4, 0.5) is 0 Å². The van der Waals surface area contributed by atoms with Gasteiger partial charge in [-0.15, -0.1) is 0 Å². The zero-order chi connectivity index (χ0) is 12.1. The Morgan fingerprint density at radius 2 is 2.12 bits per heavy atom. The number of hydrogen-bond acceptors (Lipinski definition) is 2. The molecule has 0 saturated heterocycles. The standard InChI is InChI=1S/C15H20N2/c1-2-17(11-13-6-5-7-13)12-15-9-4-3-8-14(15)10-16/h3-4,8-9,13H,2,5-7,11-12H2,1H3. The van der Waals surface area contributed by atoms with Crippen molar-refractivity contribution >= 4 is 0 Å². The number of rotatable bonds is 5. The van der Waals surface area contributed by atoms with Gasteiger partial charge in [-0.3, -0.25) is 4.90 Å². The van der Waals surface area contributed by atoms with Crippen molar-refractivity contribution in [3.8, 4) is 6.07 Å². The van der Waals surface area contributed by atoms with Gasteiger partial charge in [-0.25, -0.2) is 0 Å². The first kappa shape index (κ1) is 12.1. The summed E-state index contributed by atoms with van der Waals surface area (Å²) in [5.74, 6) is 0.893. The second kappa shape index (κ2) is 5.84. The zero-order valence-electron chi connectivity index (χ0n) is 10.5. The van der Waals surface area contributed by atoms with E-state index in [2.05, 4.69) is 24.0 Å². The van der Waals surface area contributed by atoms with Gasteiger partial charge in [0.15, 0.2) is 0 Å². The fourth-order valence-corrected chi connectivity index (χ4v) is 2.35. The largest absolute Gasteiger partial charge is 0.299 e. The van der Waals surface area contributed by atoms with E-state index < -0.39 is 0 Å². The molecule has 17 heavy (non-hydrogen) atoms. The summed E-state index contributed by atoms with van der Waals surface area (Å²) in [7, 11) is 0. The zero-order valence-corrected chi connectivity index (χ0v) is 10.5. The van der Waals surface area contributed by atoms with Crippen LogP contribution in [0.5, 0.6) is 0 Å². The highest BCUT2D eigenvalue weighted by molar-refractivity contribution is 5.37. The molecule has 1 aromatic rings. The second-order valence-electron chi connectivity index (χ2n) is 4.89. The SMILES string of the molecule is CCN(Cc1ccccc1C#N)CC1CCC1. The van der Waals surface area contributed by atoms with Gasteiger partial charge in [-0.2, -0.15) is 5.26 Å². The van der Waals surface area contributed by atoms with Gasteiger partial charge in [0.2, 0.25) is 0 Å². The fourth-order valence-electron chi connectivity index (χ4n) is 2.35. The molecule has 2 heteroatoms. The van der Waals surface area contributed by atoms with Crippen molar-refractivity contribution in [1.29, 1.82) is 5.26 Å². The maximum absolute atomic E-state index is 9.07. The predicted molar refractivity (Wildman–Crippen MR) is 69.4 cm³/mol. The van der Waals surface area contributed by atoms with Gasteiger partial charge < -0.3 is 0 Å².